The van der Waals surface area contributed by atoms with Crippen LogP contribution in [0.15, 0.2) is 11.6 Å². The second-order valence-electron chi connectivity index (χ2n) is 12.9. The van der Waals surface area contributed by atoms with Crippen molar-refractivity contribution in [1.82, 2.24) is 0 Å². The fraction of sp³-hybridized carbons (Fsp3) is 0.889. The van der Waals surface area contributed by atoms with Gasteiger partial charge in [-0.1, -0.05) is 45.8 Å². The molecule has 31 heavy (non-hydrogen) atoms. The lowest BCUT2D eigenvalue weighted by Gasteiger charge is -2.60. The molecule has 0 amide bonds. The highest BCUT2D eigenvalue weighted by Gasteiger charge is 2.59. The molecule has 0 aromatic heterocycles. The number of carbonyl (C=O) groups is 1. The Balaban J connectivity index is 1.60. The molecule has 3 nitrogen and oxygen atoms in total. The highest BCUT2D eigenvalue weighted by Crippen LogP contribution is 2.65. The van der Waals surface area contributed by atoms with Crippen molar-refractivity contribution < 1.29 is 14.0 Å². The van der Waals surface area contributed by atoms with E-state index in [-0.39, 0.29) is 16.4 Å². The first-order valence-corrected chi connectivity index (χ1v) is 15.8. The smallest absolute Gasteiger partial charge is 0.302 e. The van der Waals surface area contributed by atoms with Crippen LogP contribution in [0.25, 0.3) is 0 Å². The molecule has 0 radical (unpaired) electrons. The predicted octanol–water partition coefficient (Wildman–Crippen LogP) is 7.27. The molecule has 3 saturated carbocycles. The molecular weight excluding hydrogens is 400 g/mol. The lowest BCUT2D eigenvalue weighted by molar-refractivity contribution is -0.142. The van der Waals surface area contributed by atoms with Gasteiger partial charge >= 0.3 is 5.97 Å². The topological polar surface area (TPSA) is 35.5 Å². The number of ether oxygens (including phenoxy) is 1. The van der Waals surface area contributed by atoms with Crippen LogP contribution in [0.1, 0.15) is 92.4 Å². The van der Waals surface area contributed by atoms with Crippen LogP contribution >= 0.6 is 0 Å². The Bertz CT molecular complexity index is 741. The maximum absolute atomic E-state index is 11.5. The van der Waals surface area contributed by atoms with Crippen molar-refractivity contribution in [2.45, 2.75) is 117 Å². The highest BCUT2D eigenvalue weighted by atomic mass is 28.4. The molecule has 0 heterocycles. The van der Waals surface area contributed by atoms with Crippen molar-refractivity contribution in [3.63, 3.8) is 0 Å². The van der Waals surface area contributed by atoms with Gasteiger partial charge in [0.05, 0.1) is 12.7 Å². The Morgan fingerprint density at radius 3 is 2.58 bits per heavy atom. The van der Waals surface area contributed by atoms with Crippen molar-refractivity contribution in [3.8, 4) is 0 Å². The first-order chi connectivity index (χ1) is 14.4. The molecule has 4 heteroatoms. The number of fused-ring (bicyclic) bond motifs is 5. The zero-order valence-corrected chi connectivity index (χ0v) is 22.2. The van der Waals surface area contributed by atoms with E-state index in [4.69, 9.17) is 9.16 Å². The van der Waals surface area contributed by atoms with Crippen LogP contribution in [-0.2, 0) is 14.0 Å². The van der Waals surface area contributed by atoms with Crippen molar-refractivity contribution in [2.75, 3.05) is 6.61 Å². The summed E-state index contributed by atoms with van der Waals surface area (Å²) in [6.45, 7) is 16.3. The van der Waals surface area contributed by atoms with Gasteiger partial charge in [0.2, 0.25) is 0 Å². The second-order valence-corrected chi connectivity index (χ2v) is 17.5. The first-order valence-electron chi connectivity index (χ1n) is 12.9. The third-order valence-corrected chi connectivity index (χ3v) is 14.9. The molecule has 0 aromatic rings. The van der Waals surface area contributed by atoms with E-state index in [0.29, 0.717) is 18.1 Å². The summed E-state index contributed by atoms with van der Waals surface area (Å²) in [5.41, 5.74) is 2.48. The maximum Gasteiger partial charge on any atom is 0.302 e. The van der Waals surface area contributed by atoms with E-state index in [1.54, 1.807) is 5.57 Å². The summed E-state index contributed by atoms with van der Waals surface area (Å²) in [5.74, 6) is 2.34. The lowest BCUT2D eigenvalue weighted by Crippen LogP contribution is -2.57. The van der Waals surface area contributed by atoms with E-state index < -0.39 is 8.32 Å². The molecule has 4 rings (SSSR count). The average molecular weight is 447 g/mol. The molecule has 1 unspecified atom stereocenters. The average Bonchev–Trinajstić information content (AvgIpc) is 3.08. The van der Waals surface area contributed by atoms with Gasteiger partial charge in [-0.3, -0.25) is 4.79 Å². The molecular formula is C27H46O3Si. The Morgan fingerprint density at radius 1 is 1.13 bits per heavy atom. The van der Waals surface area contributed by atoms with Crippen LogP contribution in [0, 0.1) is 28.6 Å². The maximum atomic E-state index is 11.5. The molecule has 0 spiro atoms. The minimum atomic E-state index is -2.11. The third-order valence-electron chi connectivity index (χ3n) is 10.6. The monoisotopic (exact) mass is 446 g/mol. The van der Waals surface area contributed by atoms with Gasteiger partial charge in [0.25, 0.3) is 0 Å². The van der Waals surface area contributed by atoms with Gasteiger partial charge in [0, 0.05) is 17.4 Å². The molecule has 0 aliphatic heterocycles. The number of allylic oxidation sites excluding steroid dienone is 1. The van der Waals surface area contributed by atoms with Crippen LogP contribution in [-0.4, -0.2) is 27.0 Å². The molecule has 0 aromatic carbocycles. The van der Waals surface area contributed by atoms with Gasteiger partial charge in [-0.2, -0.15) is 0 Å². The Labute approximate surface area is 191 Å². The van der Waals surface area contributed by atoms with E-state index in [0.717, 1.165) is 17.8 Å². The minimum absolute atomic E-state index is 0.110. The van der Waals surface area contributed by atoms with E-state index in [2.05, 4.69) is 46.9 Å². The number of esters is 1. The van der Waals surface area contributed by atoms with Crippen molar-refractivity contribution in [1.29, 1.82) is 0 Å². The van der Waals surface area contributed by atoms with Gasteiger partial charge in [-0.05, 0) is 87.6 Å². The highest BCUT2D eigenvalue weighted by molar-refractivity contribution is 6.74. The summed E-state index contributed by atoms with van der Waals surface area (Å²) >= 11 is 0. The zero-order chi connectivity index (χ0) is 22.7. The van der Waals surface area contributed by atoms with Crippen LogP contribution in [0.3, 0.4) is 0 Å². The van der Waals surface area contributed by atoms with E-state index >= 15 is 0 Å². The molecule has 176 valence electrons. The summed E-state index contributed by atoms with van der Waals surface area (Å²) in [5, 5.41) is -0.110. The normalized spacial score (nSPS) is 40.4. The second kappa shape index (κ2) is 8.01. The fourth-order valence-electron chi connectivity index (χ4n) is 7.84. The molecule has 4 aliphatic carbocycles. The number of hydrogen-bond donors (Lipinski definition) is 0. The number of rotatable bonds is 5. The first kappa shape index (κ1) is 23.5. The molecule has 4 aliphatic rings. The van der Waals surface area contributed by atoms with Gasteiger partial charge < -0.3 is 9.16 Å². The van der Waals surface area contributed by atoms with Crippen molar-refractivity contribution >= 4 is 14.3 Å². The number of carbonyl (C=O) groups excluding carboxylic acids is 1. The van der Waals surface area contributed by atoms with Gasteiger partial charge in [-0.25, -0.2) is 0 Å². The molecule has 3 fully saturated rings. The zero-order valence-electron chi connectivity index (χ0n) is 21.2. The molecule has 0 saturated heterocycles. The lowest BCUT2D eigenvalue weighted by atomic mass is 9.47. The SMILES string of the molecule is CC(=O)OCC(C)(C)[Si](C)(C)OC1CCCC2=CC[C@H]3[C@@H]4CCC[C@@]4(C)CC[C@@H]3[C@]21C. The number of hydrogen-bond acceptors (Lipinski definition) is 3. The van der Waals surface area contributed by atoms with E-state index in [9.17, 15) is 4.79 Å². The summed E-state index contributed by atoms with van der Waals surface area (Å²) < 4.78 is 12.7. The Kier molecular flexibility index (Phi) is 6.08. The van der Waals surface area contributed by atoms with Crippen LogP contribution in [0.5, 0.6) is 0 Å². The summed E-state index contributed by atoms with van der Waals surface area (Å²) in [6, 6.07) is 0. The van der Waals surface area contributed by atoms with Crippen LogP contribution < -0.4 is 0 Å². The van der Waals surface area contributed by atoms with Gasteiger partial charge in [0.1, 0.15) is 0 Å². The standard InChI is InChI=1S/C27H46O3Si/c1-19(28)29-18-25(2,3)31(6,7)30-24-12-8-10-20-13-14-21-22-11-9-16-26(22,4)17-15-23(21)27(20,24)5/h13,21-24H,8-12,14-18H2,1-7H3/t21-,22-,23-,24?,26-,27-/m0/s1. The van der Waals surface area contributed by atoms with Crippen LogP contribution in [0.4, 0.5) is 0 Å². The molecule has 0 bridgehead atoms. The van der Waals surface area contributed by atoms with Crippen molar-refractivity contribution in [3.05, 3.63) is 11.6 Å². The van der Waals surface area contributed by atoms with Crippen molar-refractivity contribution in [2.24, 2.45) is 28.6 Å². The minimum Gasteiger partial charge on any atom is -0.466 e. The Hall–Kier alpha value is -0.613. The van der Waals surface area contributed by atoms with Gasteiger partial charge in [-0.15, -0.1) is 0 Å². The summed E-state index contributed by atoms with van der Waals surface area (Å²) in [6.07, 6.45) is 15.1. The summed E-state index contributed by atoms with van der Waals surface area (Å²) in [4.78, 5) is 11.5. The fourth-order valence-corrected chi connectivity index (χ4v) is 9.65. The van der Waals surface area contributed by atoms with Gasteiger partial charge in [0.15, 0.2) is 8.32 Å². The van der Waals surface area contributed by atoms with Crippen LogP contribution in [0.2, 0.25) is 18.1 Å². The third kappa shape index (κ3) is 3.88. The molecule has 0 N–H and O–H groups in total. The Morgan fingerprint density at radius 2 is 1.87 bits per heavy atom. The molecule has 6 atom stereocenters. The van der Waals surface area contributed by atoms with E-state index in [1.165, 1.54) is 64.7 Å². The largest absolute Gasteiger partial charge is 0.466 e. The quantitative estimate of drug-likeness (QED) is 0.253. The summed E-state index contributed by atoms with van der Waals surface area (Å²) in [7, 11) is -2.11. The van der Waals surface area contributed by atoms with E-state index in [1.807, 2.05) is 0 Å². The predicted molar refractivity (Wildman–Crippen MR) is 129 cm³/mol.